The molecule has 124 valence electrons. The third-order valence-electron chi connectivity index (χ3n) is 3.50. The van der Waals surface area contributed by atoms with E-state index >= 15 is 0 Å². The lowest BCUT2D eigenvalue weighted by Gasteiger charge is -2.26. The van der Waals surface area contributed by atoms with Gasteiger partial charge in [0.05, 0.1) is 16.9 Å². The lowest BCUT2D eigenvalue weighted by Crippen LogP contribution is -2.27. The standard InChI is InChI=1S/C17H23N3O3/c1-3-5-10-20(11-6-4-2)15-9-7-8-14(13(15)12-18)19-16(21)17(22)23/h7-9H,3-6,10-11H2,1-2H3,(H,19,21)(H,22,23). The van der Waals surface area contributed by atoms with Gasteiger partial charge in [0, 0.05) is 13.1 Å². The first-order valence-corrected chi connectivity index (χ1v) is 7.87. The van der Waals surface area contributed by atoms with Crippen molar-refractivity contribution in [2.24, 2.45) is 0 Å². The number of carbonyl (C=O) groups excluding carboxylic acids is 1. The summed E-state index contributed by atoms with van der Waals surface area (Å²) in [6.45, 7) is 5.85. The highest BCUT2D eigenvalue weighted by Crippen LogP contribution is 2.27. The zero-order valence-electron chi connectivity index (χ0n) is 13.6. The summed E-state index contributed by atoms with van der Waals surface area (Å²) >= 11 is 0. The van der Waals surface area contributed by atoms with E-state index in [0.29, 0.717) is 5.56 Å². The quantitative estimate of drug-likeness (QED) is 0.719. The SMILES string of the molecule is CCCCN(CCCC)c1cccc(NC(=O)C(=O)O)c1C#N. The number of nitrogens with one attached hydrogen (secondary N) is 1. The van der Waals surface area contributed by atoms with Crippen LogP contribution in [0.2, 0.25) is 0 Å². The summed E-state index contributed by atoms with van der Waals surface area (Å²) < 4.78 is 0. The first-order chi connectivity index (χ1) is 11.0. The molecule has 1 amide bonds. The van der Waals surface area contributed by atoms with Gasteiger partial charge in [-0.25, -0.2) is 4.79 Å². The molecule has 1 aromatic rings. The molecular formula is C17H23N3O3. The van der Waals surface area contributed by atoms with Crippen molar-refractivity contribution in [3.05, 3.63) is 23.8 Å². The van der Waals surface area contributed by atoms with Crippen molar-refractivity contribution in [2.75, 3.05) is 23.3 Å². The summed E-state index contributed by atoms with van der Waals surface area (Å²) in [7, 11) is 0. The van der Waals surface area contributed by atoms with E-state index in [1.54, 1.807) is 12.1 Å². The number of hydrogen-bond donors (Lipinski definition) is 2. The van der Waals surface area contributed by atoms with Crippen LogP contribution in [0, 0.1) is 11.3 Å². The van der Waals surface area contributed by atoms with Gasteiger partial charge in [-0.3, -0.25) is 4.79 Å². The molecule has 0 radical (unpaired) electrons. The van der Waals surface area contributed by atoms with Crippen LogP contribution in [0.1, 0.15) is 45.1 Å². The van der Waals surface area contributed by atoms with Crippen LogP contribution in [-0.4, -0.2) is 30.1 Å². The van der Waals surface area contributed by atoms with Gasteiger partial charge < -0.3 is 15.3 Å². The minimum absolute atomic E-state index is 0.232. The van der Waals surface area contributed by atoms with Gasteiger partial charge in [0.2, 0.25) is 0 Å². The van der Waals surface area contributed by atoms with Crippen molar-refractivity contribution < 1.29 is 14.7 Å². The van der Waals surface area contributed by atoms with Crippen LogP contribution in [0.25, 0.3) is 0 Å². The second-order valence-corrected chi connectivity index (χ2v) is 5.26. The maximum atomic E-state index is 11.4. The third-order valence-corrected chi connectivity index (χ3v) is 3.50. The summed E-state index contributed by atoms with van der Waals surface area (Å²) in [5, 5.41) is 20.5. The summed E-state index contributed by atoms with van der Waals surface area (Å²) in [6, 6.07) is 7.19. The Labute approximate surface area is 136 Å². The highest BCUT2D eigenvalue weighted by molar-refractivity contribution is 6.36. The number of carboxylic acids is 1. The minimum Gasteiger partial charge on any atom is -0.474 e. The third kappa shape index (κ3) is 5.29. The highest BCUT2D eigenvalue weighted by Gasteiger charge is 2.18. The van der Waals surface area contributed by atoms with Gasteiger partial charge in [-0.05, 0) is 25.0 Å². The highest BCUT2D eigenvalue weighted by atomic mass is 16.4. The molecule has 2 N–H and O–H groups in total. The van der Waals surface area contributed by atoms with E-state index in [-0.39, 0.29) is 5.69 Å². The van der Waals surface area contributed by atoms with Gasteiger partial charge in [-0.2, -0.15) is 5.26 Å². The van der Waals surface area contributed by atoms with Crippen LogP contribution >= 0.6 is 0 Å². The van der Waals surface area contributed by atoms with Crippen LogP contribution in [0.15, 0.2) is 18.2 Å². The number of amides is 1. The van der Waals surface area contributed by atoms with E-state index in [4.69, 9.17) is 5.11 Å². The molecule has 0 fully saturated rings. The molecule has 6 nitrogen and oxygen atoms in total. The Hall–Kier alpha value is -2.55. The Morgan fingerprint density at radius 3 is 2.30 bits per heavy atom. The number of benzene rings is 1. The topological polar surface area (TPSA) is 93.4 Å². The van der Waals surface area contributed by atoms with Crippen LogP contribution in [0.4, 0.5) is 11.4 Å². The average molecular weight is 317 g/mol. The number of nitrogens with zero attached hydrogens (tertiary/aromatic N) is 2. The van der Waals surface area contributed by atoms with Crippen LogP contribution in [0.3, 0.4) is 0 Å². The second kappa shape index (κ2) is 9.46. The molecule has 0 aromatic heterocycles. The van der Waals surface area contributed by atoms with E-state index < -0.39 is 11.9 Å². The first-order valence-electron chi connectivity index (χ1n) is 7.87. The summed E-state index contributed by atoms with van der Waals surface area (Å²) in [5.41, 5.74) is 1.27. The molecule has 0 bridgehead atoms. The van der Waals surface area contributed by atoms with Crippen molar-refractivity contribution in [1.82, 2.24) is 0 Å². The van der Waals surface area contributed by atoms with Gasteiger partial charge in [-0.1, -0.05) is 32.8 Å². The van der Waals surface area contributed by atoms with E-state index in [1.807, 2.05) is 6.07 Å². The molecule has 0 unspecified atom stereocenters. The number of hydrogen-bond acceptors (Lipinski definition) is 4. The molecule has 23 heavy (non-hydrogen) atoms. The molecule has 1 rings (SSSR count). The number of unbranched alkanes of at least 4 members (excludes halogenated alkanes) is 2. The van der Waals surface area contributed by atoms with E-state index in [0.717, 1.165) is 44.5 Å². The second-order valence-electron chi connectivity index (χ2n) is 5.26. The van der Waals surface area contributed by atoms with E-state index in [1.165, 1.54) is 0 Å². The fourth-order valence-corrected chi connectivity index (χ4v) is 2.25. The smallest absolute Gasteiger partial charge is 0.394 e. The number of aliphatic carboxylic acids is 1. The Balaban J connectivity index is 3.14. The summed E-state index contributed by atoms with van der Waals surface area (Å²) in [6.07, 6.45) is 4.08. The van der Waals surface area contributed by atoms with Crippen molar-refractivity contribution in [2.45, 2.75) is 39.5 Å². The van der Waals surface area contributed by atoms with Crippen LogP contribution in [0.5, 0.6) is 0 Å². The predicted octanol–water partition coefficient (Wildman–Crippen LogP) is 2.99. The van der Waals surface area contributed by atoms with Crippen molar-refractivity contribution in [3.8, 4) is 6.07 Å². The van der Waals surface area contributed by atoms with Gasteiger partial charge in [0.25, 0.3) is 0 Å². The Kier molecular flexibility index (Phi) is 7.61. The number of carbonyl (C=O) groups is 2. The van der Waals surface area contributed by atoms with Gasteiger partial charge in [-0.15, -0.1) is 0 Å². The Morgan fingerprint density at radius 1 is 1.22 bits per heavy atom. The molecule has 0 saturated carbocycles. The molecule has 0 spiro atoms. The molecule has 0 heterocycles. The van der Waals surface area contributed by atoms with Crippen LogP contribution < -0.4 is 10.2 Å². The average Bonchev–Trinajstić information content (AvgIpc) is 2.54. The molecule has 0 saturated heterocycles. The number of rotatable bonds is 8. The largest absolute Gasteiger partial charge is 0.474 e. The fraction of sp³-hybridized carbons (Fsp3) is 0.471. The first kappa shape index (κ1) is 18.5. The lowest BCUT2D eigenvalue weighted by atomic mass is 10.1. The van der Waals surface area contributed by atoms with Gasteiger partial charge in [0.1, 0.15) is 6.07 Å². The molecular weight excluding hydrogens is 294 g/mol. The van der Waals surface area contributed by atoms with Gasteiger partial charge in [0.15, 0.2) is 0 Å². The van der Waals surface area contributed by atoms with Crippen molar-refractivity contribution >= 4 is 23.3 Å². The molecule has 0 atom stereocenters. The number of anilines is 2. The zero-order chi connectivity index (χ0) is 17.2. The number of nitriles is 1. The fourth-order valence-electron chi connectivity index (χ4n) is 2.25. The number of carboxylic acid groups (broad SMARTS) is 1. The van der Waals surface area contributed by atoms with Crippen LogP contribution in [-0.2, 0) is 9.59 Å². The van der Waals surface area contributed by atoms with E-state index in [9.17, 15) is 14.9 Å². The van der Waals surface area contributed by atoms with Crippen molar-refractivity contribution in [1.29, 1.82) is 5.26 Å². The van der Waals surface area contributed by atoms with E-state index in [2.05, 4.69) is 30.1 Å². The minimum atomic E-state index is -1.58. The molecule has 0 aliphatic heterocycles. The zero-order valence-corrected chi connectivity index (χ0v) is 13.6. The maximum Gasteiger partial charge on any atom is 0.394 e. The summed E-state index contributed by atoms with van der Waals surface area (Å²) in [4.78, 5) is 24.2. The van der Waals surface area contributed by atoms with Crippen molar-refractivity contribution in [3.63, 3.8) is 0 Å². The monoisotopic (exact) mass is 317 g/mol. The van der Waals surface area contributed by atoms with Gasteiger partial charge >= 0.3 is 11.9 Å². The predicted molar refractivity (Wildman–Crippen MR) is 89.5 cm³/mol. The normalized spacial score (nSPS) is 9.96. The molecule has 6 heteroatoms. The summed E-state index contributed by atoms with van der Waals surface area (Å²) in [5.74, 6) is -2.72. The Morgan fingerprint density at radius 2 is 1.83 bits per heavy atom. The molecule has 0 aliphatic carbocycles. The molecule has 1 aromatic carbocycles. The maximum absolute atomic E-state index is 11.4. The Bertz CT molecular complexity index is 585. The molecule has 0 aliphatic rings. The lowest BCUT2D eigenvalue weighted by molar-refractivity contribution is -0.147.